The molecule has 2 aliphatic rings. The number of hydrogen-bond donors (Lipinski definition) is 1. The monoisotopic (exact) mass is 750 g/mol. The number of hydrogen-bond acceptors (Lipinski definition) is 3. The first kappa shape index (κ1) is 32.7. The van der Waals surface area contributed by atoms with Gasteiger partial charge in [0, 0.05) is 71.3 Å². The summed E-state index contributed by atoms with van der Waals surface area (Å²) in [5.41, 5.74) is 12.3. The zero-order valence-corrected chi connectivity index (χ0v) is 32.1. The van der Waals surface area contributed by atoms with Gasteiger partial charge in [-0.15, -0.1) is 11.3 Å². The van der Waals surface area contributed by atoms with Gasteiger partial charge in [0.25, 0.3) is 0 Å². The highest BCUT2D eigenvalue weighted by Crippen LogP contribution is 2.43. The molecule has 5 heteroatoms. The Kier molecular flexibility index (Phi) is 7.47. The van der Waals surface area contributed by atoms with Gasteiger partial charge in [-0.2, -0.15) is 0 Å². The van der Waals surface area contributed by atoms with Crippen LogP contribution in [0.2, 0.25) is 0 Å². The van der Waals surface area contributed by atoms with Crippen LogP contribution in [0.1, 0.15) is 42.6 Å². The van der Waals surface area contributed by atoms with Gasteiger partial charge in [0.2, 0.25) is 0 Å². The molecule has 2 unspecified atom stereocenters. The van der Waals surface area contributed by atoms with Gasteiger partial charge in [0.1, 0.15) is 6.17 Å². The van der Waals surface area contributed by atoms with E-state index in [1.807, 2.05) is 11.3 Å². The number of aromatic nitrogens is 2. The van der Waals surface area contributed by atoms with Crippen molar-refractivity contribution in [3.8, 4) is 5.69 Å². The number of nitrogens with one attached hydrogen (secondary N) is 1. The molecule has 0 radical (unpaired) electrons. The summed E-state index contributed by atoms with van der Waals surface area (Å²) >= 11 is 1.87. The van der Waals surface area contributed by atoms with Gasteiger partial charge in [-0.05, 0) is 78.1 Å². The molecule has 0 bridgehead atoms. The lowest BCUT2D eigenvalue weighted by Gasteiger charge is -2.32. The molecule has 12 rings (SSSR count). The molecule has 0 saturated heterocycles. The number of para-hydroxylation sites is 3. The summed E-state index contributed by atoms with van der Waals surface area (Å²) in [6.07, 6.45) is 7.49. The zero-order chi connectivity index (χ0) is 37.5. The quantitative estimate of drug-likeness (QED) is 0.187. The van der Waals surface area contributed by atoms with Crippen molar-refractivity contribution in [2.45, 2.75) is 31.5 Å². The molecule has 272 valence electrons. The number of nitrogens with zero attached hydrogens (tertiary/aromatic N) is 3. The highest BCUT2D eigenvalue weighted by Gasteiger charge is 2.29. The summed E-state index contributed by atoms with van der Waals surface area (Å²) in [5.74, 6) is 0. The predicted octanol–water partition coefficient (Wildman–Crippen LogP) is 13.7. The molecule has 7 aromatic carbocycles. The van der Waals surface area contributed by atoms with Gasteiger partial charge in [-0.25, -0.2) is 0 Å². The molecule has 0 spiro atoms. The minimum atomic E-state index is -0.148. The topological polar surface area (TPSA) is 34.2 Å². The molecule has 4 heterocycles. The van der Waals surface area contributed by atoms with E-state index in [2.05, 4.69) is 190 Å². The van der Waals surface area contributed by atoms with Gasteiger partial charge in [-0.3, -0.25) is 10.3 Å². The van der Waals surface area contributed by atoms with Crippen molar-refractivity contribution in [1.82, 2.24) is 14.5 Å². The fourth-order valence-corrected chi connectivity index (χ4v) is 10.7. The van der Waals surface area contributed by atoms with E-state index in [4.69, 9.17) is 4.99 Å². The second kappa shape index (κ2) is 13.0. The van der Waals surface area contributed by atoms with Crippen LogP contribution in [0, 0.1) is 0 Å². The van der Waals surface area contributed by atoms with Crippen LogP contribution in [0.15, 0.2) is 187 Å². The third-order valence-electron chi connectivity index (χ3n) is 12.2. The lowest BCUT2D eigenvalue weighted by atomic mass is 9.90. The molecule has 0 fully saturated rings. The number of thiophene rings is 1. The maximum absolute atomic E-state index is 5.57. The predicted molar refractivity (Wildman–Crippen MR) is 242 cm³/mol. The third kappa shape index (κ3) is 5.20. The fraction of sp³-hybridized carbons (Fsp3) is 0.0962. The molecule has 2 atom stereocenters. The molecule has 1 aliphatic carbocycles. The maximum atomic E-state index is 5.57. The average Bonchev–Trinajstić information content (AvgIpc) is 3.94. The van der Waals surface area contributed by atoms with E-state index in [0.29, 0.717) is 0 Å². The van der Waals surface area contributed by atoms with Crippen molar-refractivity contribution >= 4 is 86.5 Å². The number of aliphatic imine (C=N–C) groups is 1. The van der Waals surface area contributed by atoms with Gasteiger partial charge < -0.3 is 9.13 Å². The molecule has 10 aromatic rings. The van der Waals surface area contributed by atoms with Crippen molar-refractivity contribution in [2.24, 2.45) is 4.99 Å². The SMILES string of the molecule is C1=C(C2=NC(c3ccc4c(c3)sc3ccccc34)NC(c3ccccc3)C2)CCC=C1n1c2ccccc2c2c1ccc1c3ccccc3n(-c3ccccc3)c12. The normalized spacial score (nSPS) is 17.5. The Morgan fingerprint density at radius 3 is 2.09 bits per heavy atom. The Hall–Kier alpha value is -6.53. The minimum Gasteiger partial charge on any atom is -0.309 e. The fourth-order valence-electron chi connectivity index (χ4n) is 9.59. The van der Waals surface area contributed by atoms with Crippen LogP contribution in [0.5, 0.6) is 0 Å². The zero-order valence-electron chi connectivity index (χ0n) is 31.3. The molecular weight excluding hydrogens is 713 g/mol. The van der Waals surface area contributed by atoms with Crippen LogP contribution in [-0.2, 0) is 0 Å². The van der Waals surface area contributed by atoms with Crippen molar-refractivity contribution in [1.29, 1.82) is 0 Å². The maximum Gasteiger partial charge on any atom is 0.126 e. The van der Waals surface area contributed by atoms with E-state index < -0.39 is 0 Å². The van der Waals surface area contributed by atoms with Gasteiger partial charge in [-0.1, -0.05) is 127 Å². The first-order chi connectivity index (χ1) is 28.3. The largest absolute Gasteiger partial charge is 0.309 e. The Bertz CT molecular complexity index is 3300. The molecule has 0 amide bonds. The van der Waals surface area contributed by atoms with E-state index in [1.165, 1.54) is 97.6 Å². The highest BCUT2D eigenvalue weighted by molar-refractivity contribution is 7.25. The Labute approximate surface area is 334 Å². The minimum absolute atomic E-state index is 0.148. The molecule has 1 N–H and O–H groups in total. The molecular formula is C52H38N4S. The van der Waals surface area contributed by atoms with E-state index in [9.17, 15) is 0 Å². The van der Waals surface area contributed by atoms with E-state index >= 15 is 0 Å². The molecule has 4 nitrogen and oxygen atoms in total. The molecule has 1 aliphatic heterocycles. The number of fused-ring (bicyclic) bond motifs is 10. The van der Waals surface area contributed by atoms with Crippen LogP contribution in [0.3, 0.4) is 0 Å². The first-order valence-electron chi connectivity index (χ1n) is 20.0. The van der Waals surface area contributed by atoms with Crippen molar-refractivity contribution in [3.05, 3.63) is 193 Å². The van der Waals surface area contributed by atoms with Crippen molar-refractivity contribution in [2.75, 3.05) is 0 Å². The molecule has 3 aromatic heterocycles. The standard InChI is InChI=1S/C52H38N4S/c1-3-14-33(15-4-1)43-32-44(54-52(53-43)35-26-27-40-39-21-9-12-25-48(39)57-49(40)31-35)34-16-13-19-37(30-34)55-46-24-11-8-22-42(46)50-47(55)29-28-41-38-20-7-10-23-45(38)56(51(41)50)36-17-5-2-6-18-36/h1-12,14-15,17-31,43,52-53H,13,16,32H2. The van der Waals surface area contributed by atoms with Crippen molar-refractivity contribution < 1.29 is 0 Å². The van der Waals surface area contributed by atoms with Gasteiger partial charge in [0.15, 0.2) is 0 Å². The van der Waals surface area contributed by atoms with Crippen LogP contribution in [0.4, 0.5) is 0 Å². The average molecular weight is 751 g/mol. The second-order valence-electron chi connectivity index (χ2n) is 15.4. The second-order valence-corrected chi connectivity index (χ2v) is 16.5. The van der Waals surface area contributed by atoms with E-state index in [-0.39, 0.29) is 12.2 Å². The Morgan fingerprint density at radius 1 is 0.561 bits per heavy atom. The smallest absolute Gasteiger partial charge is 0.126 e. The molecule has 0 saturated carbocycles. The summed E-state index contributed by atoms with van der Waals surface area (Å²) in [4.78, 5) is 5.57. The summed E-state index contributed by atoms with van der Waals surface area (Å²) in [6, 6.07) is 60.0. The third-order valence-corrected chi connectivity index (χ3v) is 13.3. The number of rotatable bonds is 5. The summed E-state index contributed by atoms with van der Waals surface area (Å²) in [5, 5.41) is 11.7. The lowest BCUT2D eigenvalue weighted by Crippen LogP contribution is -2.33. The van der Waals surface area contributed by atoms with Crippen molar-refractivity contribution in [3.63, 3.8) is 0 Å². The van der Waals surface area contributed by atoms with Gasteiger partial charge in [0.05, 0.1) is 22.1 Å². The van der Waals surface area contributed by atoms with Crippen LogP contribution in [0.25, 0.3) is 75.2 Å². The number of allylic oxidation sites excluding steroid dienone is 4. The van der Waals surface area contributed by atoms with Gasteiger partial charge >= 0.3 is 0 Å². The number of benzene rings is 7. The van der Waals surface area contributed by atoms with E-state index in [1.54, 1.807) is 0 Å². The first-order valence-corrected chi connectivity index (χ1v) is 20.8. The Balaban J connectivity index is 1.02. The van der Waals surface area contributed by atoms with E-state index in [0.717, 1.165) is 19.3 Å². The highest BCUT2D eigenvalue weighted by atomic mass is 32.1. The lowest BCUT2D eigenvalue weighted by molar-refractivity contribution is 0.441. The van der Waals surface area contributed by atoms with Crippen LogP contribution >= 0.6 is 11.3 Å². The van der Waals surface area contributed by atoms with Crippen LogP contribution in [-0.4, -0.2) is 14.8 Å². The Morgan fingerprint density at radius 2 is 1.25 bits per heavy atom. The summed E-state index contributed by atoms with van der Waals surface area (Å²) in [7, 11) is 0. The van der Waals surface area contributed by atoms with Crippen LogP contribution < -0.4 is 5.32 Å². The summed E-state index contributed by atoms with van der Waals surface area (Å²) in [6.45, 7) is 0. The molecule has 57 heavy (non-hydrogen) atoms. The summed E-state index contributed by atoms with van der Waals surface area (Å²) < 4.78 is 7.60.